The number of benzene rings is 1. The molecule has 1 amide bonds. The average Bonchev–Trinajstić information content (AvgIpc) is 3.69. The Morgan fingerprint density at radius 2 is 1.58 bits per heavy atom. The smallest absolute Gasteiger partial charge is 0.251 e. The molecule has 4 rings (SSSR count). The summed E-state index contributed by atoms with van der Waals surface area (Å²) in [5, 5.41) is 7.85. The van der Waals surface area contributed by atoms with Crippen LogP contribution in [0.25, 0.3) is 0 Å². The summed E-state index contributed by atoms with van der Waals surface area (Å²) in [5.41, 5.74) is 3.05. The van der Waals surface area contributed by atoms with Crippen LogP contribution in [0.4, 0.5) is 0 Å². The van der Waals surface area contributed by atoms with Crippen molar-refractivity contribution in [3.63, 3.8) is 0 Å². The first-order valence-electron chi connectivity index (χ1n) is 11.6. The number of amides is 1. The average molecular weight is 428 g/mol. The van der Waals surface area contributed by atoms with Gasteiger partial charge in [-0.25, -0.2) is 0 Å². The molecule has 0 bridgehead atoms. The zero-order chi connectivity index (χ0) is 21.8. The molecule has 7 nitrogen and oxygen atoms in total. The molecule has 2 aliphatic rings. The molecule has 0 saturated heterocycles. The molecule has 0 spiro atoms. The number of hydrogen-bond acceptors (Lipinski definition) is 5. The summed E-state index contributed by atoms with van der Waals surface area (Å²) >= 11 is 0. The van der Waals surface area contributed by atoms with E-state index in [-0.39, 0.29) is 5.91 Å². The largest absolute Gasteiger partial charge is 0.490 e. The van der Waals surface area contributed by atoms with Crippen LogP contribution in [0.3, 0.4) is 0 Å². The minimum Gasteiger partial charge on any atom is -0.490 e. The van der Waals surface area contributed by atoms with Crippen LogP contribution in [-0.2, 0) is 6.54 Å². The van der Waals surface area contributed by atoms with Crippen molar-refractivity contribution < 1.29 is 19.0 Å². The van der Waals surface area contributed by atoms with Crippen molar-refractivity contribution in [2.75, 3.05) is 26.4 Å². The number of hydrogen-bond donors (Lipinski definition) is 1. The highest BCUT2D eigenvalue weighted by Gasteiger charge is 2.32. The van der Waals surface area contributed by atoms with E-state index in [1.807, 2.05) is 20.8 Å². The molecule has 1 N–H and O–H groups in total. The Bertz CT molecular complexity index is 889. The normalized spacial score (nSPS) is 15.6. The van der Waals surface area contributed by atoms with Crippen LogP contribution in [0.5, 0.6) is 17.2 Å². The van der Waals surface area contributed by atoms with Gasteiger partial charge in [0, 0.05) is 29.6 Å². The molecule has 0 atom stereocenters. The van der Waals surface area contributed by atoms with Crippen LogP contribution in [-0.4, -0.2) is 42.1 Å². The third-order valence-corrected chi connectivity index (χ3v) is 5.60. The van der Waals surface area contributed by atoms with Gasteiger partial charge in [-0.3, -0.25) is 9.48 Å². The van der Waals surface area contributed by atoms with Gasteiger partial charge in [0.15, 0.2) is 11.5 Å². The van der Waals surface area contributed by atoms with Gasteiger partial charge in [-0.15, -0.1) is 0 Å². The number of nitrogens with one attached hydrogen (secondary N) is 1. The first kappa shape index (κ1) is 21.5. The van der Waals surface area contributed by atoms with Crippen LogP contribution in [0, 0.1) is 0 Å². The molecule has 0 aliphatic heterocycles. The Balaban J connectivity index is 1.44. The fourth-order valence-electron chi connectivity index (χ4n) is 3.81. The zero-order valence-corrected chi connectivity index (χ0v) is 18.8. The van der Waals surface area contributed by atoms with Crippen molar-refractivity contribution in [2.24, 2.45) is 0 Å². The molecule has 1 aromatic carbocycles. The predicted molar refractivity (Wildman–Crippen MR) is 118 cm³/mol. The van der Waals surface area contributed by atoms with Gasteiger partial charge in [-0.1, -0.05) is 0 Å². The lowest BCUT2D eigenvalue weighted by atomic mass is 10.1. The molecule has 0 unspecified atom stereocenters. The van der Waals surface area contributed by atoms with E-state index in [4.69, 9.17) is 19.3 Å². The van der Waals surface area contributed by atoms with Crippen LogP contribution in [0.1, 0.15) is 80.0 Å². The lowest BCUT2D eigenvalue weighted by Gasteiger charge is -2.17. The second kappa shape index (κ2) is 9.62. The lowest BCUT2D eigenvalue weighted by Crippen LogP contribution is -2.28. The first-order valence-corrected chi connectivity index (χ1v) is 11.6. The molecule has 2 aliphatic carbocycles. The van der Waals surface area contributed by atoms with Crippen LogP contribution >= 0.6 is 0 Å². The minimum absolute atomic E-state index is 0.160. The molecular formula is C24H33N3O4. The van der Waals surface area contributed by atoms with Crippen molar-refractivity contribution >= 4 is 5.91 Å². The van der Waals surface area contributed by atoms with Gasteiger partial charge in [0.2, 0.25) is 5.75 Å². The van der Waals surface area contributed by atoms with E-state index in [0.29, 0.717) is 67.6 Å². The maximum atomic E-state index is 12.9. The molecule has 2 fully saturated rings. The number of nitrogens with zero attached hydrogens (tertiary/aromatic N) is 2. The van der Waals surface area contributed by atoms with E-state index in [0.717, 1.165) is 0 Å². The quantitative estimate of drug-likeness (QED) is 0.548. The Morgan fingerprint density at radius 1 is 0.968 bits per heavy atom. The molecule has 1 aromatic heterocycles. The SMILES string of the molecule is CCOc1cc(C(=O)NCCn2nc(C3CC3)cc2C2CC2)cc(OCC)c1OCC. The van der Waals surface area contributed by atoms with Crippen molar-refractivity contribution in [1.82, 2.24) is 15.1 Å². The highest BCUT2D eigenvalue weighted by atomic mass is 16.5. The molecule has 2 saturated carbocycles. The number of aromatic nitrogens is 2. The Hall–Kier alpha value is -2.70. The summed E-state index contributed by atoms with van der Waals surface area (Å²) in [6.07, 6.45) is 4.99. The van der Waals surface area contributed by atoms with E-state index in [1.165, 1.54) is 37.1 Å². The third-order valence-electron chi connectivity index (χ3n) is 5.60. The highest BCUT2D eigenvalue weighted by molar-refractivity contribution is 5.95. The molecule has 31 heavy (non-hydrogen) atoms. The van der Waals surface area contributed by atoms with E-state index in [1.54, 1.807) is 12.1 Å². The molecule has 7 heteroatoms. The van der Waals surface area contributed by atoms with Crippen LogP contribution in [0.2, 0.25) is 0 Å². The fraction of sp³-hybridized carbons (Fsp3) is 0.583. The third kappa shape index (κ3) is 5.14. The molecular weight excluding hydrogens is 394 g/mol. The minimum atomic E-state index is -0.160. The summed E-state index contributed by atoms with van der Waals surface area (Å²) in [5.74, 6) is 2.72. The molecule has 2 aromatic rings. The summed E-state index contributed by atoms with van der Waals surface area (Å²) in [6, 6.07) is 5.73. The van der Waals surface area contributed by atoms with Gasteiger partial charge < -0.3 is 19.5 Å². The predicted octanol–water partition coefficient (Wildman–Crippen LogP) is 4.26. The Morgan fingerprint density at radius 3 is 2.13 bits per heavy atom. The van der Waals surface area contributed by atoms with Crippen LogP contribution in [0.15, 0.2) is 18.2 Å². The van der Waals surface area contributed by atoms with Gasteiger partial charge in [0.1, 0.15) is 0 Å². The highest BCUT2D eigenvalue weighted by Crippen LogP contribution is 2.44. The fourth-order valence-corrected chi connectivity index (χ4v) is 3.81. The summed E-state index contributed by atoms with van der Waals surface area (Å²) < 4.78 is 19.3. The van der Waals surface area contributed by atoms with E-state index in [9.17, 15) is 4.79 Å². The monoisotopic (exact) mass is 427 g/mol. The Labute approximate surface area is 184 Å². The maximum absolute atomic E-state index is 12.9. The van der Waals surface area contributed by atoms with Crippen molar-refractivity contribution in [1.29, 1.82) is 0 Å². The van der Waals surface area contributed by atoms with E-state index in [2.05, 4.69) is 16.1 Å². The molecule has 1 heterocycles. The topological polar surface area (TPSA) is 74.6 Å². The zero-order valence-electron chi connectivity index (χ0n) is 18.8. The summed E-state index contributed by atoms with van der Waals surface area (Å²) in [4.78, 5) is 12.9. The van der Waals surface area contributed by atoms with Gasteiger partial charge in [-0.05, 0) is 64.7 Å². The number of ether oxygens (including phenoxy) is 3. The molecule has 168 valence electrons. The van der Waals surface area contributed by atoms with E-state index >= 15 is 0 Å². The summed E-state index contributed by atoms with van der Waals surface area (Å²) in [6.45, 7) is 8.35. The van der Waals surface area contributed by atoms with E-state index < -0.39 is 0 Å². The van der Waals surface area contributed by atoms with Gasteiger partial charge >= 0.3 is 0 Å². The standard InChI is InChI=1S/C24H33N3O4/c1-4-29-21-13-18(14-22(30-5-2)23(21)31-6-3)24(28)25-11-12-27-20(17-9-10-17)15-19(26-27)16-7-8-16/h13-17H,4-12H2,1-3H3,(H,25,28). The second-order valence-corrected chi connectivity index (χ2v) is 8.12. The van der Waals surface area contributed by atoms with Crippen molar-refractivity contribution in [3.8, 4) is 17.2 Å². The van der Waals surface area contributed by atoms with Crippen molar-refractivity contribution in [2.45, 2.75) is 64.8 Å². The first-order chi connectivity index (χ1) is 15.1. The lowest BCUT2D eigenvalue weighted by molar-refractivity contribution is 0.0950. The van der Waals surface area contributed by atoms with Crippen molar-refractivity contribution in [3.05, 3.63) is 35.2 Å². The van der Waals surface area contributed by atoms with Crippen LogP contribution < -0.4 is 19.5 Å². The second-order valence-electron chi connectivity index (χ2n) is 8.12. The number of rotatable bonds is 12. The maximum Gasteiger partial charge on any atom is 0.251 e. The number of carbonyl (C=O) groups is 1. The van der Waals surface area contributed by atoms with Gasteiger partial charge in [-0.2, -0.15) is 5.10 Å². The molecule has 0 radical (unpaired) electrons. The van der Waals surface area contributed by atoms with Gasteiger partial charge in [0.05, 0.1) is 32.1 Å². The summed E-state index contributed by atoms with van der Waals surface area (Å²) in [7, 11) is 0. The number of carbonyl (C=O) groups excluding carboxylic acids is 1. The Kier molecular flexibility index (Phi) is 6.68. The van der Waals surface area contributed by atoms with Gasteiger partial charge in [0.25, 0.3) is 5.91 Å².